The molecule has 3 heterocycles. The van der Waals surface area contributed by atoms with Crippen molar-refractivity contribution in [2.24, 2.45) is 11.8 Å². The summed E-state index contributed by atoms with van der Waals surface area (Å²) in [6.45, 7) is 13.5. The number of halogens is 3. The molecule has 10 heteroatoms. The lowest BCUT2D eigenvalue weighted by Gasteiger charge is -2.35. The van der Waals surface area contributed by atoms with E-state index in [0.717, 1.165) is 69.8 Å². The van der Waals surface area contributed by atoms with Crippen molar-refractivity contribution in [2.75, 3.05) is 32.7 Å². The maximum absolute atomic E-state index is 12.5. The first-order valence-corrected chi connectivity index (χ1v) is 16.6. The maximum Gasteiger partial charge on any atom is 0.573 e. The van der Waals surface area contributed by atoms with E-state index in [9.17, 15) is 23.1 Å². The van der Waals surface area contributed by atoms with E-state index in [0.29, 0.717) is 24.2 Å². The van der Waals surface area contributed by atoms with Gasteiger partial charge in [0.1, 0.15) is 11.8 Å². The summed E-state index contributed by atoms with van der Waals surface area (Å²) in [6, 6.07) is 16.4. The van der Waals surface area contributed by atoms with Gasteiger partial charge in [0, 0.05) is 50.1 Å². The SMILES string of the molecule is CC[C@@H](C)[C@H](C(=O)O)N1C[C@H](CN2CCC(c3cc(Cc4ccc(OC(F)(F)F)cc4)nn3CC)CC2)[C@@H](c2cccc(C)c2)C1. The highest BCUT2D eigenvalue weighted by molar-refractivity contribution is 5.74. The summed E-state index contributed by atoms with van der Waals surface area (Å²) in [5.41, 5.74) is 5.54. The molecule has 0 radical (unpaired) electrons. The van der Waals surface area contributed by atoms with Crippen molar-refractivity contribution < 1.29 is 27.8 Å². The van der Waals surface area contributed by atoms with Crippen LogP contribution in [-0.4, -0.2) is 75.8 Å². The van der Waals surface area contributed by atoms with Crippen molar-refractivity contribution in [3.8, 4) is 5.75 Å². The van der Waals surface area contributed by atoms with Crippen LogP contribution in [-0.2, 0) is 17.8 Å². The summed E-state index contributed by atoms with van der Waals surface area (Å²) in [7, 11) is 0. The molecule has 0 saturated carbocycles. The predicted molar refractivity (Wildman–Crippen MR) is 172 cm³/mol. The van der Waals surface area contributed by atoms with E-state index in [4.69, 9.17) is 5.10 Å². The number of aryl methyl sites for hydroxylation is 2. The third-order valence-corrected chi connectivity index (χ3v) is 9.97. The van der Waals surface area contributed by atoms with Gasteiger partial charge in [-0.2, -0.15) is 5.10 Å². The molecule has 3 aromatic rings. The van der Waals surface area contributed by atoms with Gasteiger partial charge in [-0.15, -0.1) is 13.2 Å². The lowest BCUT2D eigenvalue weighted by atomic mass is 9.86. The Bertz CT molecular complexity index is 1450. The highest BCUT2D eigenvalue weighted by atomic mass is 19.4. The van der Waals surface area contributed by atoms with Gasteiger partial charge in [0.15, 0.2) is 0 Å². The number of piperidine rings is 1. The average Bonchev–Trinajstić information content (AvgIpc) is 3.61. The van der Waals surface area contributed by atoms with Gasteiger partial charge < -0.3 is 14.7 Å². The fourth-order valence-corrected chi connectivity index (χ4v) is 7.49. The third kappa shape index (κ3) is 8.31. The van der Waals surface area contributed by atoms with Crippen molar-refractivity contribution in [1.82, 2.24) is 19.6 Å². The molecule has 46 heavy (non-hydrogen) atoms. The monoisotopic (exact) mass is 640 g/mol. The standard InChI is InChI=1S/C36H47F3N4O3/c1-5-25(4)34(35(44)45)42-22-29(32(23-42)28-9-7-8-24(3)18-28)21-41-16-14-27(15-17-41)33-20-30(40-43(33)6-2)19-26-10-12-31(13-11-26)46-36(37,38)39/h7-13,18,20,25,27,29,32,34H,5-6,14-17,19,21-23H2,1-4H3,(H,44,45)/t25-,29+,32-,34-/m1/s1. The van der Waals surface area contributed by atoms with E-state index in [2.05, 4.69) is 70.3 Å². The molecule has 2 aromatic carbocycles. The van der Waals surface area contributed by atoms with E-state index >= 15 is 0 Å². The van der Waals surface area contributed by atoms with Crippen LogP contribution in [0.2, 0.25) is 0 Å². The lowest BCUT2D eigenvalue weighted by Crippen LogP contribution is -2.45. The van der Waals surface area contributed by atoms with Crippen LogP contribution < -0.4 is 4.74 Å². The second-order valence-corrected chi connectivity index (χ2v) is 13.2. The average molecular weight is 641 g/mol. The van der Waals surface area contributed by atoms with Gasteiger partial charge in [-0.3, -0.25) is 14.4 Å². The summed E-state index contributed by atoms with van der Waals surface area (Å²) in [6.07, 6.45) is -1.30. The van der Waals surface area contributed by atoms with E-state index < -0.39 is 18.4 Å². The Morgan fingerprint density at radius 1 is 1.07 bits per heavy atom. The fraction of sp³-hybridized carbons (Fsp3) is 0.556. The number of aliphatic carboxylic acids is 1. The van der Waals surface area contributed by atoms with Gasteiger partial charge in [0.2, 0.25) is 0 Å². The van der Waals surface area contributed by atoms with E-state index in [1.807, 2.05) is 6.92 Å². The first-order chi connectivity index (χ1) is 21.9. The van der Waals surface area contributed by atoms with Crippen LogP contribution in [0.15, 0.2) is 54.6 Å². The topological polar surface area (TPSA) is 70.8 Å². The van der Waals surface area contributed by atoms with E-state index in [1.165, 1.54) is 29.0 Å². The molecule has 2 fully saturated rings. The second-order valence-electron chi connectivity index (χ2n) is 13.2. The first kappa shape index (κ1) is 34.0. The summed E-state index contributed by atoms with van der Waals surface area (Å²) in [5, 5.41) is 15.0. The Hall–Kier alpha value is -3.37. The summed E-state index contributed by atoms with van der Waals surface area (Å²) in [5.74, 6) is 0.163. The number of hydrogen-bond acceptors (Lipinski definition) is 5. The minimum atomic E-state index is -4.71. The van der Waals surface area contributed by atoms with Crippen molar-refractivity contribution in [3.05, 3.63) is 82.7 Å². The molecule has 4 atom stereocenters. The molecule has 7 nitrogen and oxygen atoms in total. The number of carboxylic acid groups (broad SMARTS) is 1. The predicted octanol–water partition coefficient (Wildman–Crippen LogP) is 7.10. The molecule has 250 valence electrons. The van der Waals surface area contributed by atoms with Crippen LogP contribution in [0.3, 0.4) is 0 Å². The van der Waals surface area contributed by atoms with E-state index in [1.54, 1.807) is 12.1 Å². The Balaban J connectivity index is 1.23. The third-order valence-electron chi connectivity index (χ3n) is 9.97. The Morgan fingerprint density at radius 3 is 2.39 bits per heavy atom. The molecule has 0 spiro atoms. The smallest absolute Gasteiger partial charge is 0.480 e. The molecule has 1 aromatic heterocycles. The number of alkyl halides is 3. The highest BCUT2D eigenvalue weighted by Crippen LogP contribution is 2.38. The molecule has 0 bridgehead atoms. The van der Waals surface area contributed by atoms with Crippen LogP contribution in [0.5, 0.6) is 5.75 Å². The van der Waals surface area contributed by atoms with Gasteiger partial charge in [-0.25, -0.2) is 0 Å². The zero-order valence-corrected chi connectivity index (χ0v) is 27.3. The number of rotatable bonds is 12. The molecule has 0 unspecified atom stereocenters. The number of ether oxygens (including phenoxy) is 1. The quantitative estimate of drug-likeness (QED) is 0.228. The van der Waals surface area contributed by atoms with Crippen LogP contribution in [0, 0.1) is 18.8 Å². The van der Waals surface area contributed by atoms with Crippen LogP contribution in [0.1, 0.15) is 79.9 Å². The first-order valence-electron chi connectivity index (χ1n) is 16.6. The number of hydrogen-bond donors (Lipinski definition) is 1. The summed E-state index contributed by atoms with van der Waals surface area (Å²) >= 11 is 0. The fourth-order valence-electron chi connectivity index (χ4n) is 7.49. The van der Waals surface area contributed by atoms with Gasteiger partial charge >= 0.3 is 12.3 Å². The van der Waals surface area contributed by atoms with Crippen LogP contribution >= 0.6 is 0 Å². The van der Waals surface area contributed by atoms with Gasteiger partial charge in [-0.05, 0) is 80.9 Å². The Labute approximate surface area is 270 Å². The molecule has 2 aliphatic heterocycles. The maximum atomic E-state index is 12.5. The van der Waals surface area contributed by atoms with Crippen molar-refractivity contribution in [3.63, 3.8) is 0 Å². The Morgan fingerprint density at radius 2 is 1.78 bits per heavy atom. The highest BCUT2D eigenvalue weighted by Gasteiger charge is 2.42. The normalized spacial score (nSPS) is 21.4. The minimum absolute atomic E-state index is 0.0845. The molecule has 2 saturated heterocycles. The molecule has 2 aliphatic rings. The lowest BCUT2D eigenvalue weighted by molar-refractivity contribution is -0.274. The molecule has 0 amide bonds. The van der Waals surface area contributed by atoms with Crippen molar-refractivity contribution >= 4 is 5.97 Å². The molecule has 0 aliphatic carbocycles. The molecule has 1 N–H and O–H groups in total. The molecule has 5 rings (SSSR count). The Kier molecular flexibility index (Phi) is 10.8. The summed E-state index contributed by atoms with van der Waals surface area (Å²) < 4.78 is 43.7. The minimum Gasteiger partial charge on any atom is -0.480 e. The van der Waals surface area contributed by atoms with E-state index in [-0.39, 0.29) is 11.7 Å². The summed E-state index contributed by atoms with van der Waals surface area (Å²) in [4.78, 5) is 17.1. The van der Waals surface area contributed by atoms with Gasteiger partial charge in [-0.1, -0.05) is 62.2 Å². The van der Waals surface area contributed by atoms with Crippen molar-refractivity contribution in [1.29, 1.82) is 0 Å². The zero-order chi connectivity index (χ0) is 33.0. The molecular formula is C36H47F3N4O3. The second kappa shape index (κ2) is 14.6. The zero-order valence-electron chi connectivity index (χ0n) is 27.3. The number of carboxylic acids is 1. The molecular weight excluding hydrogens is 593 g/mol. The number of nitrogens with zero attached hydrogens (tertiary/aromatic N) is 4. The number of likely N-dealkylation sites (tertiary alicyclic amines) is 2. The number of carbonyl (C=O) groups is 1. The van der Waals surface area contributed by atoms with Crippen molar-refractivity contribution in [2.45, 2.75) is 84.2 Å². The number of aromatic nitrogens is 2. The largest absolute Gasteiger partial charge is 0.573 e. The van der Waals surface area contributed by atoms with Gasteiger partial charge in [0.05, 0.1) is 5.69 Å². The van der Waals surface area contributed by atoms with Gasteiger partial charge in [0.25, 0.3) is 0 Å². The van der Waals surface area contributed by atoms with Crippen LogP contribution in [0.25, 0.3) is 0 Å². The van der Waals surface area contributed by atoms with Crippen LogP contribution in [0.4, 0.5) is 13.2 Å². The number of benzene rings is 2.